The Bertz CT molecular complexity index is 901. The molecule has 0 aliphatic rings. The lowest BCUT2D eigenvalue weighted by atomic mass is 10.0. The third kappa shape index (κ3) is 42.7. The van der Waals surface area contributed by atoms with E-state index in [1.54, 1.807) is 0 Å². The summed E-state index contributed by atoms with van der Waals surface area (Å²) in [6.07, 6.45) is 61.4. The standard InChI is InChI=1S/C53H101NO4/c1-3-5-7-9-11-13-15-17-19-21-23-25-26-27-28-30-32-34-36-38-40-42-44-46-48-52(57)54-50(49-55)53(58)51(56)47-45-43-41-39-37-35-33-31-29-24-22-20-18-16-14-12-10-8-6-4-2/h27-28,31,33,39,41,50-51,53,55-56,58H,3-26,29-30,32,34-38,40,42-49H2,1-2H3,(H,54,57)/b28-27-,33-31+,41-39+. The predicted molar refractivity (Wildman–Crippen MR) is 254 cm³/mol. The van der Waals surface area contributed by atoms with E-state index in [0.29, 0.717) is 12.8 Å². The van der Waals surface area contributed by atoms with Crippen LogP contribution >= 0.6 is 0 Å². The molecule has 0 bridgehead atoms. The van der Waals surface area contributed by atoms with Crippen molar-refractivity contribution < 1.29 is 20.1 Å². The van der Waals surface area contributed by atoms with E-state index in [1.165, 1.54) is 199 Å². The summed E-state index contributed by atoms with van der Waals surface area (Å²) < 4.78 is 0. The average molecular weight is 816 g/mol. The Morgan fingerprint density at radius 2 is 0.707 bits per heavy atom. The van der Waals surface area contributed by atoms with Gasteiger partial charge in [0.05, 0.1) is 18.8 Å². The number of rotatable bonds is 47. The maximum atomic E-state index is 12.5. The van der Waals surface area contributed by atoms with Gasteiger partial charge in [-0.25, -0.2) is 0 Å². The maximum Gasteiger partial charge on any atom is 0.220 e. The average Bonchev–Trinajstić information content (AvgIpc) is 3.23. The molecule has 58 heavy (non-hydrogen) atoms. The molecule has 4 N–H and O–H groups in total. The number of unbranched alkanes of at least 4 members (excludes halogenated alkanes) is 33. The van der Waals surface area contributed by atoms with E-state index in [1.807, 2.05) is 0 Å². The summed E-state index contributed by atoms with van der Waals surface area (Å²) in [7, 11) is 0. The smallest absolute Gasteiger partial charge is 0.220 e. The second kappa shape index (κ2) is 48.2. The molecule has 1 amide bonds. The Balaban J connectivity index is 3.63. The highest BCUT2D eigenvalue weighted by Gasteiger charge is 2.26. The zero-order chi connectivity index (χ0) is 42.3. The molecule has 3 unspecified atom stereocenters. The largest absolute Gasteiger partial charge is 0.394 e. The van der Waals surface area contributed by atoms with E-state index < -0.39 is 18.2 Å². The fraction of sp³-hybridized carbons (Fsp3) is 0.868. The molecule has 5 heteroatoms. The molecule has 0 aliphatic carbocycles. The van der Waals surface area contributed by atoms with Crippen LogP contribution in [0.3, 0.4) is 0 Å². The molecule has 0 aromatic heterocycles. The summed E-state index contributed by atoms with van der Waals surface area (Å²) >= 11 is 0. The van der Waals surface area contributed by atoms with Crippen molar-refractivity contribution in [2.75, 3.05) is 6.61 Å². The quantitative estimate of drug-likeness (QED) is 0.0364. The van der Waals surface area contributed by atoms with Crippen molar-refractivity contribution >= 4 is 5.91 Å². The van der Waals surface area contributed by atoms with Crippen LogP contribution in [0, 0.1) is 0 Å². The first-order chi connectivity index (χ1) is 28.6. The molecular formula is C53H101NO4. The van der Waals surface area contributed by atoms with E-state index in [9.17, 15) is 20.1 Å². The fourth-order valence-corrected chi connectivity index (χ4v) is 7.94. The summed E-state index contributed by atoms with van der Waals surface area (Å²) in [5.41, 5.74) is 0. The number of carbonyl (C=O) groups is 1. The Hall–Kier alpha value is -1.43. The van der Waals surface area contributed by atoms with E-state index in [4.69, 9.17) is 0 Å². The van der Waals surface area contributed by atoms with Crippen molar-refractivity contribution in [3.63, 3.8) is 0 Å². The summed E-state index contributed by atoms with van der Waals surface area (Å²) in [4.78, 5) is 12.5. The zero-order valence-corrected chi connectivity index (χ0v) is 38.9. The predicted octanol–water partition coefficient (Wildman–Crippen LogP) is 15.5. The minimum absolute atomic E-state index is 0.159. The van der Waals surface area contributed by atoms with Crippen LogP contribution in [-0.4, -0.2) is 46.1 Å². The van der Waals surface area contributed by atoms with E-state index in [0.717, 1.165) is 44.9 Å². The van der Waals surface area contributed by atoms with Gasteiger partial charge in [0.15, 0.2) is 0 Å². The highest BCUT2D eigenvalue weighted by Crippen LogP contribution is 2.16. The van der Waals surface area contributed by atoms with Gasteiger partial charge in [-0.05, 0) is 77.0 Å². The minimum Gasteiger partial charge on any atom is -0.394 e. The SMILES string of the molecule is CCCCCCCCCCCCC/C=C/CC/C=C/CCCC(O)C(O)C(CO)NC(=O)CCCCCCCCCC/C=C\CCCCCCCCCCCCCC. The number of carbonyl (C=O) groups excluding carboxylic acids is 1. The molecular weight excluding hydrogens is 715 g/mol. The molecule has 0 aromatic carbocycles. The molecule has 342 valence electrons. The summed E-state index contributed by atoms with van der Waals surface area (Å²) in [6, 6.07) is -0.834. The highest BCUT2D eigenvalue weighted by molar-refractivity contribution is 5.76. The lowest BCUT2D eigenvalue weighted by Gasteiger charge is -2.26. The number of allylic oxidation sites excluding steroid dienone is 6. The van der Waals surface area contributed by atoms with E-state index in [2.05, 4.69) is 55.6 Å². The van der Waals surface area contributed by atoms with Gasteiger partial charge in [0.1, 0.15) is 6.10 Å². The normalized spacial score (nSPS) is 13.7. The van der Waals surface area contributed by atoms with E-state index >= 15 is 0 Å². The third-order valence-corrected chi connectivity index (χ3v) is 11.9. The number of aliphatic hydroxyl groups is 3. The van der Waals surface area contributed by atoms with Crippen LogP contribution < -0.4 is 5.32 Å². The summed E-state index contributed by atoms with van der Waals surface area (Å²) in [6.45, 7) is 4.18. The van der Waals surface area contributed by atoms with Crippen molar-refractivity contribution in [2.45, 2.75) is 289 Å². The van der Waals surface area contributed by atoms with Crippen LogP contribution in [0.4, 0.5) is 0 Å². The molecule has 0 aliphatic heterocycles. The summed E-state index contributed by atoms with van der Waals surface area (Å²) in [5, 5.41) is 33.6. The number of nitrogens with one attached hydrogen (secondary N) is 1. The molecule has 0 heterocycles. The first-order valence-electron chi connectivity index (χ1n) is 25.8. The van der Waals surface area contributed by atoms with Crippen LogP contribution in [0.2, 0.25) is 0 Å². The van der Waals surface area contributed by atoms with Crippen molar-refractivity contribution in [3.05, 3.63) is 36.5 Å². The molecule has 0 saturated heterocycles. The van der Waals surface area contributed by atoms with Gasteiger partial charge in [0.25, 0.3) is 0 Å². The lowest BCUT2D eigenvalue weighted by Crippen LogP contribution is -2.50. The van der Waals surface area contributed by atoms with Crippen molar-refractivity contribution in [3.8, 4) is 0 Å². The first-order valence-corrected chi connectivity index (χ1v) is 25.8. The number of hydrogen-bond donors (Lipinski definition) is 4. The molecule has 0 fully saturated rings. The highest BCUT2D eigenvalue weighted by atomic mass is 16.3. The lowest BCUT2D eigenvalue weighted by molar-refractivity contribution is -0.124. The van der Waals surface area contributed by atoms with Crippen molar-refractivity contribution in [1.82, 2.24) is 5.32 Å². The van der Waals surface area contributed by atoms with Gasteiger partial charge in [-0.3, -0.25) is 4.79 Å². The maximum absolute atomic E-state index is 12.5. The van der Waals surface area contributed by atoms with Gasteiger partial charge in [-0.1, -0.05) is 224 Å². The molecule has 0 spiro atoms. The monoisotopic (exact) mass is 816 g/mol. The van der Waals surface area contributed by atoms with Crippen LogP contribution in [0.15, 0.2) is 36.5 Å². The second-order valence-electron chi connectivity index (χ2n) is 17.7. The van der Waals surface area contributed by atoms with Crippen molar-refractivity contribution in [1.29, 1.82) is 0 Å². The van der Waals surface area contributed by atoms with Crippen LogP contribution in [0.5, 0.6) is 0 Å². The Labute approximate surface area is 362 Å². The molecule has 0 radical (unpaired) electrons. The van der Waals surface area contributed by atoms with E-state index in [-0.39, 0.29) is 12.5 Å². The van der Waals surface area contributed by atoms with Gasteiger partial charge in [0, 0.05) is 6.42 Å². The number of aliphatic hydroxyl groups excluding tert-OH is 3. The molecule has 0 saturated carbocycles. The zero-order valence-electron chi connectivity index (χ0n) is 38.9. The van der Waals surface area contributed by atoms with Crippen LogP contribution in [0.25, 0.3) is 0 Å². The summed E-state index contributed by atoms with van der Waals surface area (Å²) in [5.74, 6) is -0.159. The number of hydrogen-bond acceptors (Lipinski definition) is 4. The topological polar surface area (TPSA) is 89.8 Å². The van der Waals surface area contributed by atoms with Gasteiger partial charge in [0.2, 0.25) is 5.91 Å². The molecule has 5 nitrogen and oxygen atoms in total. The first kappa shape index (κ1) is 56.6. The van der Waals surface area contributed by atoms with Gasteiger partial charge in [-0.15, -0.1) is 0 Å². The van der Waals surface area contributed by atoms with Crippen molar-refractivity contribution in [2.24, 2.45) is 0 Å². The van der Waals surface area contributed by atoms with Gasteiger partial charge >= 0.3 is 0 Å². The number of amides is 1. The Kier molecular flexibility index (Phi) is 47.0. The van der Waals surface area contributed by atoms with Gasteiger partial charge < -0.3 is 20.6 Å². The van der Waals surface area contributed by atoms with Crippen LogP contribution in [0.1, 0.15) is 271 Å². The molecule has 0 aromatic rings. The minimum atomic E-state index is -1.17. The molecule has 0 rings (SSSR count). The van der Waals surface area contributed by atoms with Gasteiger partial charge in [-0.2, -0.15) is 0 Å². The fourth-order valence-electron chi connectivity index (χ4n) is 7.94. The second-order valence-corrected chi connectivity index (χ2v) is 17.7. The molecule has 3 atom stereocenters. The Morgan fingerprint density at radius 1 is 0.414 bits per heavy atom. The Morgan fingerprint density at radius 3 is 1.05 bits per heavy atom. The van der Waals surface area contributed by atoms with Crippen LogP contribution in [-0.2, 0) is 4.79 Å². The third-order valence-electron chi connectivity index (χ3n) is 11.9.